The lowest BCUT2D eigenvalue weighted by molar-refractivity contribution is -0.147. The molecule has 1 fully saturated rings. The van der Waals surface area contributed by atoms with E-state index in [4.69, 9.17) is 16.3 Å². The molecule has 1 aliphatic rings. The van der Waals surface area contributed by atoms with Crippen molar-refractivity contribution in [1.29, 1.82) is 0 Å². The van der Waals surface area contributed by atoms with Crippen LogP contribution >= 0.6 is 11.6 Å². The number of ether oxygens (including phenoxy) is 1. The molecule has 0 radical (unpaired) electrons. The van der Waals surface area contributed by atoms with Crippen LogP contribution in [-0.4, -0.2) is 29.1 Å². The highest BCUT2D eigenvalue weighted by Gasteiger charge is 2.42. The van der Waals surface area contributed by atoms with Gasteiger partial charge in [-0.2, -0.15) is 0 Å². The largest absolute Gasteiger partial charge is 0.484 e. The number of aryl methyl sites for hydroxylation is 1. The van der Waals surface area contributed by atoms with Crippen LogP contribution in [0.1, 0.15) is 31.2 Å². The summed E-state index contributed by atoms with van der Waals surface area (Å²) < 4.78 is 5.38. The van der Waals surface area contributed by atoms with Gasteiger partial charge in [-0.15, -0.1) is 0 Å². The highest BCUT2D eigenvalue weighted by atomic mass is 35.5. The Balaban J connectivity index is 1.92. The molecule has 5 nitrogen and oxygen atoms in total. The number of amides is 1. The number of rotatable bonds is 5. The second-order valence-electron chi connectivity index (χ2n) is 5.34. The summed E-state index contributed by atoms with van der Waals surface area (Å²) in [6.45, 7) is 1.63. The average molecular weight is 312 g/mol. The maximum absolute atomic E-state index is 11.9. The van der Waals surface area contributed by atoms with Crippen LogP contribution in [0, 0.1) is 6.92 Å². The van der Waals surface area contributed by atoms with Crippen LogP contribution in [-0.2, 0) is 9.59 Å². The van der Waals surface area contributed by atoms with E-state index in [1.54, 1.807) is 18.2 Å². The average Bonchev–Trinajstić information content (AvgIpc) is 2.90. The third-order valence-corrected chi connectivity index (χ3v) is 4.17. The normalized spacial score (nSPS) is 16.5. The van der Waals surface area contributed by atoms with Gasteiger partial charge in [0.2, 0.25) is 0 Å². The quantitative estimate of drug-likeness (QED) is 0.876. The monoisotopic (exact) mass is 311 g/mol. The van der Waals surface area contributed by atoms with Gasteiger partial charge in [0.1, 0.15) is 11.3 Å². The van der Waals surface area contributed by atoms with Gasteiger partial charge in [-0.1, -0.05) is 24.4 Å². The first-order valence-corrected chi connectivity index (χ1v) is 7.24. The van der Waals surface area contributed by atoms with Gasteiger partial charge in [-0.05, 0) is 43.5 Å². The van der Waals surface area contributed by atoms with Crippen LogP contribution < -0.4 is 10.1 Å². The second kappa shape index (κ2) is 6.35. The lowest BCUT2D eigenvalue weighted by atomic mass is 9.98. The van der Waals surface area contributed by atoms with Crippen molar-refractivity contribution in [3.05, 3.63) is 28.8 Å². The van der Waals surface area contributed by atoms with Crippen molar-refractivity contribution in [2.75, 3.05) is 6.61 Å². The van der Waals surface area contributed by atoms with Gasteiger partial charge in [0.05, 0.1) is 0 Å². The predicted molar refractivity (Wildman–Crippen MR) is 78.7 cm³/mol. The number of carboxylic acids is 1. The molecule has 0 saturated heterocycles. The number of hydrogen-bond acceptors (Lipinski definition) is 3. The van der Waals surface area contributed by atoms with Crippen molar-refractivity contribution in [2.24, 2.45) is 0 Å². The molecule has 1 amide bonds. The molecular weight excluding hydrogens is 294 g/mol. The zero-order valence-electron chi connectivity index (χ0n) is 11.8. The number of nitrogens with one attached hydrogen (secondary N) is 1. The number of benzene rings is 1. The highest BCUT2D eigenvalue weighted by molar-refractivity contribution is 6.31. The Morgan fingerprint density at radius 3 is 2.62 bits per heavy atom. The molecule has 2 rings (SSSR count). The van der Waals surface area contributed by atoms with Crippen molar-refractivity contribution >= 4 is 23.5 Å². The first-order chi connectivity index (χ1) is 9.93. The fourth-order valence-electron chi connectivity index (χ4n) is 2.53. The summed E-state index contributed by atoms with van der Waals surface area (Å²) in [7, 11) is 0. The van der Waals surface area contributed by atoms with Crippen LogP contribution in [0.2, 0.25) is 5.02 Å². The number of hydrogen-bond donors (Lipinski definition) is 2. The first kappa shape index (κ1) is 15.6. The Morgan fingerprint density at radius 1 is 1.38 bits per heavy atom. The second-order valence-corrected chi connectivity index (χ2v) is 5.75. The van der Waals surface area contributed by atoms with Gasteiger partial charge < -0.3 is 15.2 Å². The van der Waals surface area contributed by atoms with Gasteiger partial charge in [-0.25, -0.2) is 4.79 Å². The van der Waals surface area contributed by atoms with Crippen LogP contribution in [0.5, 0.6) is 5.75 Å². The molecule has 0 aromatic heterocycles. The molecule has 114 valence electrons. The number of carboxylic acid groups (broad SMARTS) is 1. The van der Waals surface area contributed by atoms with E-state index < -0.39 is 17.4 Å². The van der Waals surface area contributed by atoms with Gasteiger partial charge >= 0.3 is 5.97 Å². The lowest BCUT2D eigenvalue weighted by Crippen LogP contribution is -2.53. The van der Waals surface area contributed by atoms with E-state index in [2.05, 4.69) is 5.32 Å². The molecule has 0 spiro atoms. The van der Waals surface area contributed by atoms with Crippen LogP contribution in [0.15, 0.2) is 18.2 Å². The van der Waals surface area contributed by atoms with Crippen molar-refractivity contribution in [1.82, 2.24) is 5.32 Å². The molecule has 1 saturated carbocycles. The molecule has 6 heteroatoms. The van der Waals surface area contributed by atoms with E-state index in [0.29, 0.717) is 23.6 Å². The SMILES string of the molecule is Cc1cc(OCC(=O)NC2(C(=O)O)CCCC2)ccc1Cl. The number of aliphatic carboxylic acids is 1. The summed E-state index contributed by atoms with van der Waals surface area (Å²) in [6.07, 6.45) is 2.55. The van der Waals surface area contributed by atoms with E-state index in [0.717, 1.165) is 18.4 Å². The summed E-state index contributed by atoms with van der Waals surface area (Å²) in [5, 5.41) is 12.5. The first-order valence-electron chi connectivity index (χ1n) is 6.86. The van der Waals surface area contributed by atoms with Crippen molar-refractivity contribution in [2.45, 2.75) is 38.1 Å². The zero-order valence-corrected chi connectivity index (χ0v) is 12.6. The molecule has 1 aromatic rings. The van der Waals surface area contributed by atoms with Crippen LogP contribution in [0.25, 0.3) is 0 Å². The third kappa shape index (κ3) is 3.67. The maximum Gasteiger partial charge on any atom is 0.329 e. The molecule has 0 aliphatic heterocycles. The summed E-state index contributed by atoms with van der Waals surface area (Å²) in [6, 6.07) is 5.10. The number of carbonyl (C=O) groups excluding carboxylic acids is 1. The highest BCUT2D eigenvalue weighted by Crippen LogP contribution is 2.29. The van der Waals surface area contributed by atoms with Crippen molar-refractivity contribution < 1.29 is 19.4 Å². The lowest BCUT2D eigenvalue weighted by Gasteiger charge is -2.25. The van der Waals surface area contributed by atoms with Gasteiger partial charge in [0.25, 0.3) is 5.91 Å². The van der Waals surface area contributed by atoms with E-state index in [1.807, 2.05) is 6.92 Å². The zero-order chi connectivity index (χ0) is 15.5. The summed E-state index contributed by atoms with van der Waals surface area (Å²) in [4.78, 5) is 23.3. The molecular formula is C15H18ClNO4. The molecule has 0 atom stereocenters. The Bertz CT molecular complexity index is 553. The van der Waals surface area contributed by atoms with E-state index in [9.17, 15) is 14.7 Å². The van der Waals surface area contributed by atoms with Crippen molar-refractivity contribution in [3.63, 3.8) is 0 Å². The van der Waals surface area contributed by atoms with E-state index in [-0.39, 0.29) is 6.61 Å². The number of carbonyl (C=O) groups is 2. The minimum atomic E-state index is -1.13. The third-order valence-electron chi connectivity index (χ3n) is 3.74. The Morgan fingerprint density at radius 2 is 2.05 bits per heavy atom. The van der Waals surface area contributed by atoms with E-state index >= 15 is 0 Å². The molecule has 0 unspecified atom stereocenters. The molecule has 1 aromatic carbocycles. The molecule has 2 N–H and O–H groups in total. The maximum atomic E-state index is 11.9. The van der Waals surface area contributed by atoms with E-state index in [1.165, 1.54) is 0 Å². The van der Waals surface area contributed by atoms with Gasteiger partial charge in [0, 0.05) is 5.02 Å². The fourth-order valence-corrected chi connectivity index (χ4v) is 2.65. The van der Waals surface area contributed by atoms with Crippen molar-refractivity contribution in [3.8, 4) is 5.75 Å². The minimum absolute atomic E-state index is 0.212. The minimum Gasteiger partial charge on any atom is -0.484 e. The van der Waals surface area contributed by atoms with Crippen LogP contribution in [0.4, 0.5) is 0 Å². The fraction of sp³-hybridized carbons (Fsp3) is 0.467. The molecule has 0 bridgehead atoms. The molecule has 0 heterocycles. The Kier molecular flexibility index (Phi) is 4.73. The topological polar surface area (TPSA) is 75.6 Å². The van der Waals surface area contributed by atoms with Gasteiger partial charge in [-0.3, -0.25) is 4.79 Å². The van der Waals surface area contributed by atoms with Crippen LogP contribution in [0.3, 0.4) is 0 Å². The Labute approximate surface area is 128 Å². The Hall–Kier alpha value is -1.75. The molecule has 1 aliphatic carbocycles. The van der Waals surface area contributed by atoms with Gasteiger partial charge in [0.15, 0.2) is 6.61 Å². The molecule has 21 heavy (non-hydrogen) atoms. The summed E-state index contributed by atoms with van der Waals surface area (Å²) in [5.41, 5.74) is -0.275. The standard InChI is InChI=1S/C15H18ClNO4/c1-10-8-11(4-5-12(10)16)21-9-13(18)17-15(14(19)20)6-2-3-7-15/h4-5,8H,2-3,6-7,9H2,1H3,(H,17,18)(H,19,20). The number of halogens is 1. The smallest absolute Gasteiger partial charge is 0.329 e. The summed E-state index contributed by atoms with van der Waals surface area (Å²) >= 11 is 5.91. The summed E-state index contributed by atoms with van der Waals surface area (Å²) in [5.74, 6) is -0.870. The predicted octanol–water partition coefficient (Wildman–Crippen LogP) is 2.54.